The molecule has 120 valence electrons. The van der Waals surface area contributed by atoms with Crippen LogP contribution in [-0.4, -0.2) is 11.7 Å². The van der Waals surface area contributed by atoms with Gasteiger partial charge in [-0.2, -0.15) is 0 Å². The lowest BCUT2D eigenvalue weighted by Gasteiger charge is -2.17. The minimum atomic E-state index is -0.0935. The highest BCUT2D eigenvalue weighted by atomic mass is 79.9. The molecule has 0 aromatic heterocycles. The molecule has 1 unspecified atom stereocenters. The van der Waals surface area contributed by atoms with Gasteiger partial charge in [0.15, 0.2) is 5.78 Å². The number of hydrogen-bond acceptors (Lipinski definition) is 2. The van der Waals surface area contributed by atoms with Gasteiger partial charge in [-0.25, -0.2) is 0 Å². The molecule has 1 N–H and O–H groups in total. The van der Waals surface area contributed by atoms with Gasteiger partial charge in [-0.3, -0.25) is 9.59 Å². The number of nitrogens with one attached hydrogen (secondary N) is 1. The molecule has 0 aliphatic heterocycles. The van der Waals surface area contributed by atoms with Crippen molar-refractivity contribution in [1.82, 2.24) is 5.32 Å². The third kappa shape index (κ3) is 5.32. The molecule has 0 aliphatic carbocycles. The van der Waals surface area contributed by atoms with Crippen LogP contribution in [0, 0.1) is 0 Å². The van der Waals surface area contributed by atoms with Crippen LogP contribution >= 0.6 is 15.9 Å². The van der Waals surface area contributed by atoms with E-state index in [0.717, 1.165) is 16.5 Å². The normalized spacial score (nSPS) is 11.7. The van der Waals surface area contributed by atoms with E-state index in [0.29, 0.717) is 5.56 Å². The van der Waals surface area contributed by atoms with E-state index in [9.17, 15) is 9.59 Å². The number of carbonyl (C=O) groups is 2. The van der Waals surface area contributed by atoms with Gasteiger partial charge >= 0.3 is 0 Å². The van der Waals surface area contributed by atoms with Gasteiger partial charge in [-0.1, -0.05) is 65.3 Å². The van der Waals surface area contributed by atoms with Gasteiger partial charge in [0, 0.05) is 22.9 Å². The molecule has 0 saturated carbocycles. The average molecular weight is 374 g/mol. The second kappa shape index (κ2) is 8.63. The summed E-state index contributed by atoms with van der Waals surface area (Å²) in [6.45, 7) is 2.03. The van der Waals surface area contributed by atoms with E-state index in [1.54, 1.807) is 12.1 Å². The molecule has 0 heterocycles. The zero-order valence-electron chi connectivity index (χ0n) is 13.1. The van der Waals surface area contributed by atoms with Crippen molar-refractivity contribution >= 4 is 27.6 Å². The Morgan fingerprint density at radius 3 is 2.26 bits per heavy atom. The molecule has 2 aromatic carbocycles. The number of amides is 1. The summed E-state index contributed by atoms with van der Waals surface area (Å²) in [7, 11) is 0. The zero-order chi connectivity index (χ0) is 16.7. The van der Waals surface area contributed by atoms with Crippen LogP contribution in [0.3, 0.4) is 0 Å². The van der Waals surface area contributed by atoms with Crippen molar-refractivity contribution in [3.8, 4) is 0 Å². The summed E-state index contributed by atoms with van der Waals surface area (Å²) in [4.78, 5) is 24.1. The molecular formula is C19H20BrNO2. The minimum absolute atomic E-state index is 0.00237. The molecule has 23 heavy (non-hydrogen) atoms. The predicted molar refractivity (Wildman–Crippen MR) is 95.3 cm³/mol. The van der Waals surface area contributed by atoms with Gasteiger partial charge in [0.1, 0.15) is 0 Å². The Hall–Kier alpha value is -1.94. The quantitative estimate of drug-likeness (QED) is 0.716. The summed E-state index contributed by atoms with van der Waals surface area (Å²) < 4.78 is 1.01. The largest absolute Gasteiger partial charge is 0.349 e. The first-order chi connectivity index (χ1) is 11.1. The van der Waals surface area contributed by atoms with E-state index in [4.69, 9.17) is 0 Å². The van der Waals surface area contributed by atoms with E-state index in [-0.39, 0.29) is 30.6 Å². The van der Waals surface area contributed by atoms with Crippen LogP contribution in [0.25, 0.3) is 0 Å². The van der Waals surface area contributed by atoms with E-state index in [1.807, 2.05) is 49.4 Å². The molecule has 0 spiro atoms. The van der Waals surface area contributed by atoms with Crippen LogP contribution in [0.5, 0.6) is 0 Å². The second-order valence-electron chi connectivity index (χ2n) is 5.37. The molecule has 2 rings (SSSR count). The van der Waals surface area contributed by atoms with E-state index in [1.165, 1.54) is 0 Å². The Morgan fingerprint density at radius 1 is 1.00 bits per heavy atom. The number of hydrogen-bond donors (Lipinski definition) is 1. The highest BCUT2D eigenvalue weighted by Crippen LogP contribution is 2.19. The fourth-order valence-electron chi connectivity index (χ4n) is 2.38. The fraction of sp³-hybridized carbons (Fsp3) is 0.263. The summed E-state index contributed by atoms with van der Waals surface area (Å²) in [6, 6.07) is 17.0. The Morgan fingerprint density at radius 2 is 1.65 bits per heavy atom. The maximum atomic E-state index is 12.1. The minimum Gasteiger partial charge on any atom is -0.349 e. The van der Waals surface area contributed by atoms with Crippen molar-refractivity contribution in [3.05, 3.63) is 70.2 Å². The first-order valence-electron chi connectivity index (χ1n) is 7.73. The predicted octanol–water partition coefficient (Wildman–Crippen LogP) is 4.68. The van der Waals surface area contributed by atoms with Crippen molar-refractivity contribution < 1.29 is 9.59 Å². The number of ketones is 1. The van der Waals surface area contributed by atoms with E-state index < -0.39 is 0 Å². The van der Waals surface area contributed by atoms with Crippen molar-refractivity contribution in [2.45, 2.75) is 32.2 Å². The smallest absolute Gasteiger partial charge is 0.220 e. The number of benzene rings is 2. The monoisotopic (exact) mass is 373 g/mol. The van der Waals surface area contributed by atoms with Crippen molar-refractivity contribution in [2.75, 3.05) is 0 Å². The number of Topliss-reactive ketones (excluding diaryl/α,β-unsaturated/α-hetero) is 1. The molecule has 4 heteroatoms. The van der Waals surface area contributed by atoms with Crippen LogP contribution in [0.15, 0.2) is 59.1 Å². The van der Waals surface area contributed by atoms with Crippen LogP contribution < -0.4 is 5.32 Å². The van der Waals surface area contributed by atoms with Gasteiger partial charge in [0.2, 0.25) is 5.91 Å². The van der Waals surface area contributed by atoms with Crippen LogP contribution in [0.4, 0.5) is 0 Å². The molecule has 2 aromatic rings. The van der Waals surface area contributed by atoms with Crippen molar-refractivity contribution in [3.63, 3.8) is 0 Å². The van der Waals surface area contributed by atoms with Crippen molar-refractivity contribution in [2.24, 2.45) is 0 Å². The van der Waals surface area contributed by atoms with Gasteiger partial charge in [-0.15, -0.1) is 0 Å². The molecule has 0 bridgehead atoms. The first kappa shape index (κ1) is 17.4. The zero-order valence-corrected chi connectivity index (χ0v) is 14.7. The third-order valence-electron chi connectivity index (χ3n) is 3.69. The van der Waals surface area contributed by atoms with E-state index >= 15 is 0 Å². The molecule has 0 fully saturated rings. The number of halogens is 1. The molecule has 1 atom stereocenters. The Bertz CT molecular complexity index is 653. The van der Waals surface area contributed by atoms with Gasteiger partial charge in [0.05, 0.1) is 6.04 Å². The van der Waals surface area contributed by atoms with Gasteiger partial charge in [-0.05, 0) is 24.1 Å². The molecule has 1 amide bonds. The lowest BCUT2D eigenvalue weighted by Crippen LogP contribution is -2.28. The highest BCUT2D eigenvalue weighted by Gasteiger charge is 2.14. The maximum absolute atomic E-state index is 12.1. The summed E-state index contributed by atoms with van der Waals surface area (Å²) in [6.07, 6.45) is 1.24. The SMILES string of the molecule is CCC(NC(=O)CCC(=O)c1ccccc1)c1ccc(Br)cc1. The fourth-order valence-corrected chi connectivity index (χ4v) is 2.64. The Labute approximate surface area is 145 Å². The second-order valence-corrected chi connectivity index (χ2v) is 6.28. The Balaban J connectivity index is 1.88. The summed E-state index contributed by atoms with van der Waals surface area (Å²) in [5.74, 6) is -0.0958. The summed E-state index contributed by atoms with van der Waals surface area (Å²) in [5, 5.41) is 3.00. The highest BCUT2D eigenvalue weighted by molar-refractivity contribution is 9.10. The van der Waals surface area contributed by atoms with Crippen LogP contribution in [0.1, 0.15) is 48.1 Å². The third-order valence-corrected chi connectivity index (χ3v) is 4.22. The molecule has 0 radical (unpaired) electrons. The molecule has 0 saturated heterocycles. The van der Waals surface area contributed by atoms with E-state index in [2.05, 4.69) is 21.2 Å². The molecule has 3 nitrogen and oxygen atoms in total. The summed E-state index contributed by atoms with van der Waals surface area (Å²) >= 11 is 3.41. The Kier molecular flexibility index (Phi) is 6.53. The van der Waals surface area contributed by atoms with Crippen LogP contribution in [0.2, 0.25) is 0 Å². The summed E-state index contributed by atoms with van der Waals surface area (Å²) in [5.41, 5.74) is 1.72. The van der Waals surface area contributed by atoms with Crippen molar-refractivity contribution in [1.29, 1.82) is 0 Å². The topological polar surface area (TPSA) is 46.2 Å². The number of rotatable bonds is 7. The standard InChI is InChI=1S/C19H20BrNO2/c1-2-17(14-8-10-16(20)11-9-14)21-19(23)13-12-18(22)15-6-4-3-5-7-15/h3-11,17H,2,12-13H2,1H3,(H,21,23). The lowest BCUT2D eigenvalue weighted by atomic mass is 10.0. The lowest BCUT2D eigenvalue weighted by molar-refractivity contribution is -0.121. The first-order valence-corrected chi connectivity index (χ1v) is 8.52. The van der Waals surface area contributed by atoms with Gasteiger partial charge in [0.25, 0.3) is 0 Å². The number of carbonyl (C=O) groups excluding carboxylic acids is 2. The average Bonchev–Trinajstić information content (AvgIpc) is 2.59. The van der Waals surface area contributed by atoms with Gasteiger partial charge < -0.3 is 5.32 Å². The van der Waals surface area contributed by atoms with Crippen LogP contribution in [-0.2, 0) is 4.79 Å². The maximum Gasteiger partial charge on any atom is 0.220 e. The molecule has 0 aliphatic rings. The molecular weight excluding hydrogens is 354 g/mol.